The predicted molar refractivity (Wildman–Crippen MR) is 119 cm³/mol. The van der Waals surface area contributed by atoms with E-state index in [9.17, 15) is 19.1 Å². The molecule has 0 saturated carbocycles. The smallest absolute Gasteiger partial charge is 0.300 e. The highest BCUT2D eigenvalue weighted by atomic mass is 35.5. The van der Waals surface area contributed by atoms with Crippen molar-refractivity contribution in [3.63, 3.8) is 0 Å². The monoisotopic (exact) mass is 455 g/mol. The molecule has 4 nitrogen and oxygen atoms in total. The van der Waals surface area contributed by atoms with Gasteiger partial charge >= 0.3 is 0 Å². The van der Waals surface area contributed by atoms with Crippen LogP contribution in [0.2, 0.25) is 10.0 Å². The van der Waals surface area contributed by atoms with Gasteiger partial charge in [-0.05, 0) is 43.3 Å². The highest BCUT2D eigenvalue weighted by Gasteiger charge is 2.47. The largest absolute Gasteiger partial charge is 0.507 e. The molecular weight excluding hydrogens is 440 g/mol. The van der Waals surface area contributed by atoms with Crippen molar-refractivity contribution in [2.45, 2.75) is 13.0 Å². The third-order valence-corrected chi connectivity index (χ3v) is 5.89. The fraction of sp³-hybridized carbons (Fsp3) is 0.0833. The van der Waals surface area contributed by atoms with Crippen LogP contribution in [0, 0.1) is 12.7 Å². The molecule has 1 amide bonds. The highest BCUT2D eigenvalue weighted by Crippen LogP contribution is 2.43. The number of hydrogen-bond acceptors (Lipinski definition) is 3. The molecule has 1 fully saturated rings. The average molecular weight is 456 g/mol. The van der Waals surface area contributed by atoms with Crippen molar-refractivity contribution in [2.24, 2.45) is 0 Å². The summed E-state index contributed by atoms with van der Waals surface area (Å²) in [6, 6.07) is 15.9. The molecule has 1 atom stereocenters. The Morgan fingerprint density at radius 1 is 0.968 bits per heavy atom. The van der Waals surface area contributed by atoms with E-state index in [0.717, 1.165) is 5.56 Å². The quantitative estimate of drug-likeness (QED) is 0.296. The lowest BCUT2D eigenvalue weighted by atomic mass is 9.94. The number of amides is 1. The van der Waals surface area contributed by atoms with E-state index in [1.165, 1.54) is 41.3 Å². The van der Waals surface area contributed by atoms with E-state index in [-0.39, 0.29) is 26.7 Å². The zero-order valence-electron chi connectivity index (χ0n) is 16.3. The van der Waals surface area contributed by atoms with Crippen LogP contribution in [0.25, 0.3) is 5.76 Å². The van der Waals surface area contributed by atoms with E-state index in [2.05, 4.69) is 0 Å². The van der Waals surface area contributed by atoms with Gasteiger partial charge < -0.3 is 5.11 Å². The summed E-state index contributed by atoms with van der Waals surface area (Å²) in [5.41, 5.74) is 1.42. The number of hydrogen-bond donors (Lipinski definition) is 1. The maximum absolute atomic E-state index is 14.8. The van der Waals surface area contributed by atoms with Gasteiger partial charge in [0.05, 0.1) is 21.7 Å². The van der Waals surface area contributed by atoms with E-state index >= 15 is 0 Å². The van der Waals surface area contributed by atoms with Crippen molar-refractivity contribution in [1.82, 2.24) is 0 Å². The van der Waals surface area contributed by atoms with Gasteiger partial charge in [0.25, 0.3) is 11.7 Å². The van der Waals surface area contributed by atoms with Gasteiger partial charge in [-0.3, -0.25) is 14.5 Å². The third kappa shape index (κ3) is 3.71. The first-order valence-electron chi connectivity index (χ1n) is 9.37. The zero-order valence-corrected chi connectivity index (χ0v) is 17.8. The first kappa shape index (κ1) is 21.1. The summed E-state index contributed by atoms with van der Waals surface area (Å²) in [5, 5.41) is 11.4. The van der Waals surface area contributed by atoms with E-state index < -0.39 is 29.3 Å². The second kappa shape index (κ2) is 8.17. The molecule has 7 heteroatoms. The Kier molecular flexibility index (Phi) is 5.56. The summed E-state index contributed by atoms with van der Waals surface area (Å²) in [6.45, 7) is 1.89. The Bertz CT molecular complexity index is 1240. The van der Waals surface area contributed by atoms with Crippen molar-refractivity contribution < 1.29 is 19.1 Å². The average Bonchev–Trinajstić information content (AvgIpc) is 3.01. The summed E-state index contributed by atoms with van der Waals surface area (Å²) in [5.74, 6) is -2.84. The number of halogens is 3. The minimum absolute atomic E-state index is 0.0869. The van der Waals surface area contributed by atoms with E-state index in [4.69, 9.17) is 23.2 Å². The molecule has 0 radical (unpaired) electrons. The number of ketones is 1. The number of aliphatic hydroxyl groups is 1. The number of benzene rings is 3. The molecule has 31 heavy (non-hydrogen) atoms. The Morgan fingerprint density at radius 3 is 2.29 bits per heavy atom. The minimum atomic E-state index is -1.15. The van der Waals surface area contributed by atoms with Crippen LogP contribution in [-0.4, -0.2) is 16.8 Å². The van der Waals surface area contributed by atoms with Crippen LogP contribution < -0.4 is 4.90 Å². The number of nitrogens with zero attached hydrogens (tertiary/aromatic N) is 1. The van der Waals surface area contributed by atoms with Crippen LogP contribution in [-0.2, 0) is 9.59 Å². The van der Waals surface area contributed by atoms with Gasteiger partial charge in [-0.2, -0.15) is 0 Å². The Hall–Kier alpha value is -3.15. The molecule has 4 rings (SSSR count). The summed E-state index contributed by atoms with van der Waals surface area (Å²) in [4.78, 5) is 27.2. The van der Waals surface area contributed by atoms with Crippen LogP contribution in [0.4, 0.5) is 10.1 Å². The van der Waals surface area contributed by atoms with Crippen molar-refractivity contribution in [2.75, 3.05) is 4.90 Å². The van der Waals surface area contributed by atoms with Crippen molar-refractivity contribution >= 4 is 46.3 Å². The molecule has 1 N–H and O–H groups in total. The van der Waals surface area contributed by atoms with Gasteiger partial charge in [0.1, 0.15) is 11.6 Å². The van der Waals surface area contributed by atoms with Gasteiger partial charge in [-0.25, -0.2) is 4.39 Å². The van der Waals surface area contributed by atoms with Gasteiger partial charge in [-0.1, -0.05) is 59.1 Å². The molecule has 0 aliphatic carbocycles. The minimum Gasteiger partial charge on any atom is -0.507 e. The molecule has 1 saturated heterocycles. The predicted octanol–water partition coefficient (Wildman–Crippen LogP) is 6.07. The van der Waals surface area contributed by atoms with E-state index in [1.54, 1.807) is 30.3 Å². The lowest BCUT2D eigenvalue weighted by molar-refractivity contribution is -0.132. The summed E-state index contributed by atoms with van der Waals surface area (Å²) in [7, 11) is 0. The second-order valence-electron chi connectivity index (χ2n) is 7.16. The Balaban J connectivity index is 1.97. The SMILES string of the molecule is Cc1ccc(N2C(=O)C(=O)/C(=C(/O)c3ccc(Cl)c(Cl)c3)C2c2ccccc2F)cc1. The topological polar surface area (TPSA) is 57.6 Å². The standard InChI is InChI=1S/C24H16Cl2FNO3/c1-13-6-9-15(10-7-13)28-21(16-4-2-3-5-19(16)27)20(23(30)24(28)31)22(29)14-8-11-17(25)18(26)12-14/h2-12,21,29H,1H3/b22-20+. The number of carbonyl (C=O) groups excluding carboxylic acids is 2. The van der Waals surface area contributed by atoms with Gasteiger partial charge in [0.2, 0.25) is 0 Å². The second-order valence-corrected chi connectivity index (χ2v) is 7.97. The van der Waals surface area contributed by atoms with Crippen LogP contribution in [0.3, 0.4) is 0 Å². The summed E-state index contributed by atoms with van der Waals surface area (Å²) >= 11 is 12.0. The summed E-state index contributed by atoms with van der Waals surface area (Å²) in [6.07, 6.45) is 0. The van der Waals surface area contributed by atoms with Gasteiger partial charge in [-0.15, -0.1) is 0 Å². The molecule has 3 aromatic rings. The number of aliphatic hydroxyl groups excluding tert-OH is 1. The molecule has 1 unspecified atom stereocenters. The van der Waals surface area contributed by atoms with Crippen LogP contribution in [0.1, 0.15) is 22.7 Å². The molecule has 1 aliphatic heterocycles. The highest BCUT2D eigenvalue weighted by molar-refractivity contribution is 6.51. The number of Topliss-reactive ketones (excluding diaryl/α,β-unsaturated/α-hetero) is 1. The fourth-order valence-corrected chi connectivity index (χ4v) is 3.89. The molecule has 0 bridgehead atoms. The molecular formula is C24H16Cl2FNO3. The lowest BCUT2D eigenvalue weighted by Crippen LogP contribution is -2.29. The Morgan fingerprint density at radius 2 is 1.65 bits per heavy atom. The van der Waals surface area contributed by atoms with Crippen molar-refractivity contribution in [1.29, 1.82) is 0 Å². The number of aryl methyl sites for hydroxylation is 1. The maximum atomic E-state index is 14.8. The normalized spacial score (nSPS) is 17.9. The third-order valence-electron chi connectivity index (χ3n) is 5.15. The van der Waals surface area contributed by atoms with Crippen molar-refractivity contribution in [3.8, 4) is 0 Å². The molecule has 0 aromatic heterocycles. The van der Waals surface area contributed by atoms with Crippen molar-refractivity contribution in [3.05, 3.63) is 105 Å². The molecule has 1 aliphatic rings. The molecule has 1 heterocycles. The number of carbonyl (C=O) groups is 2. The van der Waals surface area contributed by atoms with Gasteiger partial charge in [0, 0.05) is 16.8 Å². The van der Waals surface area contributed by atoms with Crippen LogP contribution >= 0.6 is 23.2 Å². The van der Waals surface area contributed by atoms with E-state index in [0.29, 0.717) is 5.69 Å². The first-order valence-corrected chi connectivity index (χ1v) is 10.1. The maximum Gasteiger partial charge on any atom is 0.300 e. The fourth-order valence-electron chi connectivity index (χ4n) is 3.59. The van der Waals surface area contributed by atoms with Gasteiger partial charge in [0.15, 0.2) is 0 Å². The van der Waals surface area contributed by atoms with E-state index in [1.807, 2.05) is 6.92 Å². The zero-order chi connectivity index (χ0) is 22.3. The number of anilines is 1. The molecule has 3 aromatic carbocycles. The lowest BCUT2D eigenvalue weighted by Gasteiger charge is -2.25. The summed E-state index contributed by atoms with van der Waals surface area (Å²) < 4.78 is 14.8. The molecule has 156 valence electrons. The molecule has 0 spiro atoms. The Labute approximate surface area is 188 Å². The van der Waals surface area contributed by atoms with Crippen LogP contribution in [0.15, 0.2) is 72.3 Å². The first-order chi connectivity index (χ1) is 14.8. The van der Waals surface area contributed by atoms with Crippen LogP contribution in [0.5, 0.6) is 0 Å². The number of rotatable bonds is 3.